The Morgan fingerprint density at radius 1 is 1.31 bits per heavy atom. The fraction of sp³-hybridized carbons (Fsp3) is 0.304. The van der Waals surface area contributed by atoms with Crippen molar-refractivity contribution >= 4 is 17.2 Å². The Balaban J connectivity index is 1.25. The molecule has 3 aromatic heterocycles. The maximum absolute atomic E-state index is 13.4. The molecule has 1 spiro atoms. The fourth-order valence-electron chi connectivity index (χ4n) is 4.35. The van der Waals surface area contributed by atoms with Crippen LogP contribution in [0.5, 0.6) is 0 Å². The zero-order valence-corrected chi connectivity index (χ0v) is 17.4. The van der Waals surface area contributed by atoms with Gasteiger partial charge in [0.05, 0.1) is 12.2 Å². The molecule has 0 bridgehead atoms. The lowest BCUT2D eigenvalue weighted by atomic mass is 10.0. The molecule has 32 heavy (non-hydrogen) atoms. The van der Waals surface area contributed by atoms with E-state index >= 15 is 0 Å². The smallest absolute Gasteiger partial charge is 0.274 e. The summed E-state index contributed by atoms with van der Waals surface area (Å²) in [4.78, 5) is 21.6. The molecule has 1 saturated carbocycles. The molecular formula is C23H21FN6O2. The topological polar surface area (TPSA) is 97.4 Å². The Hall–Kier alpha value is -3.59. The van der Waals surface area contributed by atoms with Gasteiger partial charge in [0.15, 0.2) is 0 Å². The third-order valence-electron chi connectivity index (χ3n) is 6.51. The molecule has 1 aromatic carbocycles. The number of imidazole rings is 1. The van der Waals surface area contributed by atoms with Crippen LogP contribution < -0.4 is 10.6 Å². The summed E-state index contributed by atoms with van der Waals surface area (Å²) in [5, 5.41) is 10.6. The Bertz CT molecular complexity index is 1360. The number of fused-ring (bicyclic) bond motifs is 1. The molecule has 6 rings (SSSR count). The minimum atomic E-state index is -0.404. The van der Waals surface area contributed by atoms with Crippen molar-refractivity contribution in [1.82, 2.24) is 24.8 Å². The molecule has 4 heterocycles. The molecule has 0 radical (unpaired) electrons. The zero-order chi connectivity index (χ0) is 21.9. The van der Waals surface area contributed by atoms with Crippen molar-refractivity contribution < 1.29 is 13.7 Å². The molecule has 2 fully saturated rings. The van der Waals surface area contributed by atoms with Gasteiger partial charge in [0.2, 0.25) is 11.7 Å². The first-order chi connectivity index (χ1) is 15.5. The van der Waals surface area contributed by atoms with Gasteiger partial charge in [-0.25, -0.2) is 9.37 Å². The molecule has 2 N–H and O–H groups in total. The SMILES string of the molecule is Cc1ccc(-c2noc([C@@H]3CC4(CC4)CN3)n2)cc1NC(=O)c1cnc2cc(F)ccn12. The van der Waals surface area contributed by atoms with Gasteiger partial charge in [-0.1, -0.05) is 17.3 Å². The largest absolute Gasteiger partial charge is 0.337 e. The molecule has 1 saturated heterocycles. The molecule has 1 aliphatic carbocycles. The zero-order valence-electron chi connectivity index (χ0n) is 17.4. The van der Waals surface area contributed by atoms with Gasteiger partial charge < -0.3 is 15.2 Å². The van der Waals surface area contributed by atoms with Crippen molar-refractivity contribution in [3.05, 3.63) is 65.7 Å². The van der Waals surface area contributed by atoms with E-state index in [1.165, 1.54) is 37.4 Å². The second kappa shape index (κ2) is 6.96. The van der Waals surface area contributed by atoms with E-state index in [4.69, 9.17) is 4.52 Å². The highest BCUT2D eigenvalue weighted by atomic mass is 19.1. The number of anilines is 1. The summed E-state index contributed by atoms with van der Waals surface area (Å²) in [5.41, 5.74) is 3.39. The number of aromatic nitrogens is 4. The van der Waals surface area contributed by atoms with Crippen LogP contribution in [0.2, 0.25) is 0 Å². The first-order valence-corrected chi connectivity index (χ1v) is 10.6. The summed E-state index contributed by atoms with van der Waals surface area (Å²) < 4.78 is 20.5. The van der Waals surface area contributed by atoms with Gasteiger partial charge in [0, 0.05) is 30.1 Å². The molecule has 4 aromatic rings. The fourth-order valence-corrected chi connectivity index (χ4v) is 4.35. The van der Waals surface area contributed by atoms with E-state index in [1.807, 2.05) is 25.1 Å². The lowest BCUT2D eigenvalue weighted by Crippen LogP contribution is -2.15. The summed E-state index contributed by atoms with van der Waals surface area (Å²) >= 11 is 0. The number of carbonyl (C=O) groups is 1. The molecular weight excluding hydrogens is 411 g/mol. The van der Waals surface area contributed by atoms with Crippen LogP contribution in [0, 0.1) is 18.2 Å². The van der Waals surface area contributed by atoms with Gasteiger partial charge in [0.25, 0.3) is 5.91 Å². The van der Waals surface area contributed by atoms with Crippen LogP contribution in [0.1, 0.15) is 47.2 Å². The molecule has 8 nitrogen and oxygen atoms in total. The molecule has 9 heteroatoms. The normalized spacial score (nSPS) is 19.0. The van der Waals surface area contributed by atoms with Crippen LogP contribution in [0.15, 0.2) is 47.2 Å². The van der Waals surface area contributed by atoms with Crippen molar-refractivity contribution in [3.8, 4) is 11.4 Å². The number of carbonyl (C=O) groups excluding carboxylic acids is 1. The van der Waals surface area contributed by atoms with Crippen LogP contribution in [-0.2, 0) is 0 Å². The Labute approximate surface area is 182 Å². The summed E-state index contributed by atoms with van der Waals surface area (Å²) in [6.45, 7) is 2.91. The quantitative estimate of drug-likeness (QED) is 0.508. The summed E-state index contributed by atoms with van der Waals surface area (Å²) in [6, 6.07) is 8.30. The number of hydrogen-bond acceptors (Lipinski definition) is 6. The van der Waals surface area contributed by atoms with Gasteiger partial charge >= 0.3 is 0 Å². The molecule has 2 aliphatic rings. The Morgan fingerprint density at radius 2 is 2.19 bits per heavy atom. The average molecular weight is 432 g/mol. The molecule has 0 unspecified atom stereocenters. The number of nitrogens with zero attached hydrogens (tertiary/aromatic N) is 4. The van der Waals surface area contributed by atoms with Crippen molar-refractivity contribution in [3.63, 3.8) is 0 Å². The van der Waals surface area contributed by atoms with Crippen LogP contribution >= 0.6 is 0 Å². The van der Waals surface area contributed by atoms with Gasteiger partial charge in [-0.2, -0.15) is 4.98 Å². The third kappa shape index (κ3) is 3.25. The minimum absolute atomic E-state index is 0.100. The predicted molar refractivity (Wildman–Crippen MR) is 115 cm³/mol. The molecule has 162 valence electrons. The Morgan fingerprint density at radius 3 is 3.00 bits per heavy atom. The van der Waals surface area contributed by atoms with Crippen LogP contribution in [0.4, 0.5) is 10.1 Å². The van der Waals surface area contributed by atoms with Crippen LogP contribution in [0.25, 0.3) is 17.0 Å². The predicted octanol–water partition coefficient (Wildman–Crippen LogP) is 3.90. The number of aryl methyl sites for hydroxylation is 1. The summed E-state index contributed by atoms with van der Waals surface area (Å²) in [7, 11) is 0. The van der Waals surface area contributed by atoms with E-state index in [0.717, 1.165) is 24.1 Å². The average Bonchev–Trinajstić information content (AvgIpc) is 3.15. The van der Waals surface area contributed by atoms with E-state index in [1.54, 1.807) is 4.40 Å². The van der Waals surface area contributed by atoms with E-state index in [-0.39, 0.29) is 11.9 Å². The van der Waals surface area contributed by atoms with Gasteiger partial charge in [-0.3, -0.25) is 9.20 Å². The van der Waals surface area contributed by atoms with Crippen molar-refractivity contribution in [2.45, 2.75) is 32.2 Å². The number of pyridine rings is 1. The summed E-state index contributed by atoms with van der Waals surface area (Å²) in [6.07, 6.45) is 6.47. The van der Waals surface area contributed by atoms with Gasteiger partial charge in [-0.15, -0.1) is 0 Å². The standard InChI is InChI=1S/C23H21FN6O2/c1-13-2-3-14(20-28-22(32-29-20)17-10-23(5-6-23)12-26-17)8-16(13)27-21(31)18-11-25-19-9-15(24)4-7-30(18)19/h2-4,7-9,11,17,26H,5-6,10,12H2,1H3,(H,27,31)/t17-/m0/s1. The second-order valence-corrected chi connectivity index (χ2v) is 8.79. The lowest BCUT2D eigenvalue weighted by Gasteiger charge is -2.09. The highest BCUT2D eigenvalue weighted by molar-refractivity contribution is 6.04. The van der Waals surface area contributed by atoms with Crippen molar-refractivity contribution in [2.75, 3.05) is 11.9 Å². The first-order valence-electron chi connectivity index (χ1n) is 10.6. The number of hydrogen-bond donors (Lipinski definition) is 2. The van der Waals surface area contributed by atoms with Crippen LogP contribution in [-0.4, -0.2) is 32.0 Å². The second-order valence-electron chi connectivity index (χ2n) is 8.79. The number of amides is 1. The van der Waals surface area contributed by atoms with E-state index in [9.17, 15) is 9.18 Å². The third-order valence-corrected chi connectivity index (χ3v) is 6.51. The maximum Gasteiger partial charge on any atom is 0.274 e. The lowest BCUT2D eigenvalue weighted by molar-refractivity contribution is 0.102. The monoisotopic (exact) mass is 432 g/mol. The van der Waals surface area contributed by atoms with Crippen molar-refractivity contribution in [1.29, 1.82) is 0 Å². The minimum Gasteiger partial charge on any atom is -0.337 e. The Kier molecular flexibility index (Phi) is 4.16. The molecule has 1 aliphatic heterocycles. The van der Waals surface area contributed by atoms with Crippen molar-refractivity contribution in [2.24, 2.45) is 5.41 Å². The highest BCUT2D eigenvalue weighted by Gasteiger charge is 2.49. The van der Waals surface area contributed by atoms with E-state index < -0.39 is 5.82 Å². The number of rotatable bonds is 4. The highest BCUT2D eigenvalue weighted by Crippen LogP contribution is 2.54. The van der Waals surface area contributed by atoms with Gasteiger partial charge in [0.1, 0.15) is 17.2 Å². The summed E-state index contributed by atoms with van der Waals surface area (Å²) in [5.74, 6) is 0.341. The number of nitrogens with one attached hydrogen (secondary N) is 2. The van der Waals surface area contributed by atoms with E-state index in [0.29, 0.717) is 34.2 Å². The first kappa shape index (κ1) is 19.1. The molecule has 1 amide bonds. The van der Waals surface area contributed by atoms with E-state index in [2.05, 4.69) is 25.8 Å². The van der Waals surface area contributed by atoms with Gasteiger partial charge in [-0.05, 0) is 49.3 Å². The van der Waals surface area contributed by atoms with Crippen LogP contribution in [0.3, 0.4) is 0 Å². The number of halogens is 1. The molecule has 1 atom stereocenters. The number of benzene rings is 1. The maximum atomic E-state index is 13.4.